The molecule has 5 N–H and O–H groups in total. The third-order valence-electron chi connectivity index (χ3n) is 7.30. The number of anilines is 1. The van der Waals surface area contributed by atoms with Crippen molar-refractivity contribution in [3.8, 4) is 11.5 Å². The molecular weight excluding hydrogens is 709 g/mol. The highest BCUT2D eigenvalue weighted by Crippen LogP contribution is 2.45. The Morgan fingerprint density at radius 3 is 2.29 bits per heavy atom. The van der Waals surface area contributed by atoms with E-state index in [-0.39, 0.29) is 43.9 Å². The van der Waals surface area contributed by atoms with Gasteiger partial charge in [0.2, 0.25) is 26.3 Å². The molecular formula is C29H36N4O11S4. The molecule has 19 heteroatoms. The molecule has 0 saturated heterocycles. The molecule has 0 aliphatic carbocycles. The van der Waals surface area contributed by atoms with Crippen LogP contribution in [0.1, 0.15) is 62.5 Å². The van der Waals surface area contributed by atoms with Crippen LogP contribution in [-0.2, 0) is 39.4 Å². The zero-order valence-corrected chi connectivity index (χ0v) is 29.7. The largest absolute Gasteiger partial charge is 0.454 e. The van der Waals surface area contributed by atoms with Crippen LogP contribution in [0.25, 0.3) is 0 Å². The molecule has 48 heavy (non-hydrogen) atoms. The lowest BCUT2D eigenvalue weighted by molar-refractivity contribution is -0.0720. The van der Waals surface area contributed by atoms with Gasteiger partial charge >= 0.3 is 12.1 Å². The number of primary sulfonamides is 2. The lowest BCUT2D eigenvalue weighted by Gasteiger charge is -2.35. The van der Waals surface area contributed by atoms with Crippen LogP contribution in [0.5, 0.6) is 11.5 Å². The Labute approximate surface area is 283 Å². The van der Waals surface area contributed by atoms with E-state index in [1.807, 2.05) is 6.92 Å². The van der Waals surface area contributed by atoms with Crippen LogP contribution < -0.4 is 20.3 Å². The molecule has 3 atom stereocenters. The minimum absolute atomic E-state index is 0.0178. The molecule has 262 valence electrons. The molecule has 15 nitrogen and oxygen atoms in total. The van der Waals surface area contributed by atoms with E-state index >= 15 is 0 Å². The fraction of sp³-hybridized carbons (Fsp3) is 0.379. The minimum Gasteiger partial charge on any atom is -0.454 e. The number of fused-ring (bicyclic) bond motifs is 1. The standard InChI is InChI=1S/C29H36N4O11S4/c1-5-12-32-22-14-19(15-24(47(30,38)39)26(22)44-20-10-8-7-9-11-20)27(34)42-18(4)43-29(35)33(6-2)23-13-17(3)46(36,37)28-21(23)16-25(45-28)48(31,40)41/h7-11,14-18,23,32H,5-6,12-13H2,1-4H3,(H2,30,38,39)(H2,31,40,41)/t17-,18?,23-/m0/s1. The normalized spacial score (nSPS) is 17.9. The molecule has 3 aromatic rings. The Morgan fingerprint density at radius 1 is 1.04 bits per heavy atom. The van der Waals surface area contributed by atoms with E-state index in [1.165, 1.54) is 24.8 Å². The summed E-state index contributed by atoms with van der Waals surface area (Å²) in [6.45, 7) is 6.60. The van der Waals surface area contributed by atoms with E-state index in [0.29, 0.717) is 30.1 Å². The third-order valence-corrected chi connectivity index (χ3v) is 13.5. The first-order valence-electron chi connectivity index (χ1n) is 14.6. The number of rotatable bonds is 12. The maximum atomic E-state index is 13.4. The molecule has 1 aliphatic heterocycles. The molecule has 1 unspecified atom stereocenters. The van der Waals surface area contributed by atoms with Crippen LogP contribution in [0.2, 0.25) is 0 Å². The fourth-order valence-electron chi connectivity index (χ4n) is 4.97. The first kappa shape index (κ1) is 37.1. The molecule has 0 spiro atoms. The SMILES string of the molecule is CCCNc1cc(C(=O)OC(C)OC(=O)N(CC)[C@H]2C[C@H](C)S(=O)(=O)c3sc(S(N)(=O)=O)cc32)cc(S(N)(=O)=O)c1Oc1ccccc1. The van der Waals surface area contributed by atoms with Gasteiger partial charge in [-0.05, 0) is 57.0 Å². The van der Waals surface area contributed by atoms with E-state index in [4.69, 9.17) is 24.5 Å². The van der Waals surface area contributed by atoms with Gasteiger partial charge in [-0.25, -0.2) is 45.1 Å². The zero-order chi connectivity index (χ0) is 35.6. The average Bonchev–Trinajstić information content (AvgIpc) is 3.47. The van der Waals surface area contributed by atoms with Crippen molar-refractivity contribution in [2.45, 2.75) is 71.4 Å². The van der Waals surface area contributed by atoms with Crippen LogP contribution in [0.3, 0.4) is 0 Å². The van der Waals surface area contributed by atoms with Crippen LogP contribution in [0.4, 0.5) is 10.5 Å². The van der Waals surface area contributed by atoms with E-state index in [1.54, 1.807) is 37.3 Å². The van der Waals surface area contributed by atoms with Crippen molar-refractivity contribution in [1.82, 2.24) is 4.90 Å². The van der Waals surface area contributed by atoms with E-state index < -0.39 is 64.4 Å². The maximum absolute atomic E-state index is 13.4. The molecule has 4 rings (SSSR count). The van der Waals surface area contributed by atoms with Crippen LogP contribution >= 0.6 is 11.3 Å². The van der Waals surface area contributed by atoms with Crippen molar-refractivity contribution < 1.29 is 49.1 Å². The van der Waals surface area contributed by atoms with Gasteiger partial charge in [-0.15, -0.1) is 11.3 Å². The Morgan fingerprint density at radius 2 is 1.71 bits per heavy atom. The van der Waals surface area contributed by atoms with Crippen molar-refractivity contribution in [2.24, 2.45) is 10.3 Å². The third kappa shape index (κ3) is 8.09. The van der Waals surface area contributed by atoms with Gasteiger partial charge in [0.25, 0.3) is 0 Å². The molecule has 2 heterocycles. The fourth-order valence-corrected chi connectivity index (χ4v) is 10.1. The smallest absolute Gasteiger partial charge is 0.413 e. The van der Waals surface area contributed by atoms with Gasteiger partial charge < -0.3 is 24.4 Å². The summed E-state index contributed by atoms with van der Waals surface area (Å²) < 4.78 is 91.4. The summed E-state index contributed by atoms with van der Waals surface area (Å²) in [5, 5.41) is 12.8. The number of nitrogens with two attached hydrogens (primary N) is 2. The molecule has 1 aromatic heterocycles. The highest BCUT2D eigenvalue weighted by molar-refractivity contribution is 7.95. The predicted octanol–water partition coefficient (Wildman–Crippen LogP) is 3.93. The van der Waals surface area contributed by atoms with Crippen LogP contribution in [0.15, 0.2) is 61.8 Å². The van der Waals surface area contributed by atoms with Gasteiger partial charge in [-0.1, -0.05) is 25.1 Å². The second kappa shape index (κ2) is 14.4. The number of carbonyl (C=O) groups excluding carboxylic acids is 2. The number of esters is 1. The highest BCUT2D eigenvalue weighted by atomic mass is 32.3. The number of thiophene rings is 1. The van der Waals surface area contributed by atoms with Gasteiger partial charge in [0.05, 0.1) is 22.5 Å². The summed E-state index contributed by atoms with van der Waals surface area (Å²) in [6, 6.07) is 10.9. The number of nitrogens with zero attached hydrogens (tertiary/aromatic N) is 1. The number of para-hydroxylation sites is 1. The monoisotopic (exact) mass is 744 g/mol. The number of ether oxygens (including phenoxy) is 3. The molecule has 0 fully saturated rings. The van der Waals surface area contributed by atoms with Crippen LogP contribution in [-0.4, -0.2) is 66.8 Å². The highest BCUT2D eigenvalue weighted by Gasteiger charge is 2.43. The van der Waals surface area contributed by atoms with Gasteiger partial charge in [0, 0.05) is 25.6 Å². The Bertz CT molecular complexity index is 2020. The Balaban J connectivity index is 1.60. The number of amides is 1. The van der Waals surface area contributed by atoms with Gasteiger partial charge in [-0.3, -0.25) is 0 Å². The van der Waals surface area contributed by atoms with E-state index in [0.717, 1.165) is 12.1 Å². The topological polar surface area (TPSA) is 232 Å². The van der Waals surface area contributed by atoms with Crippen molar-refractivity contribution in [2.75, 3.05) is 18.4 Å². The molecule has 2 aromatic carbocycles. The van der Waals surface area contributed by atoms with Crippen molar-refractivity contribution in [1.29, 1.82) is 0 Å². The maximum Gasteiger partial charge on any atom is 0.413 e. The van der Waals surface area contributed by atoms with Crippen molar-refractivity contribution in [3.63, 3.8) is 0 Å². The Kier molecular flexibility index (Phi) is 11.1. The second-order valence-corrected chi connectivity index (χ2v) is 17.8. The van der Waals surface area contributed by atoms with Gasteiger partial charge in [0.1, 0.15) is 19.1 Å². The van der Waals surface area contributed by atoms with Crippen LogP contribution in [0, 0.1) is 0 Å². The first-order chi connectivity index (χ1) is 22.4. The molecule has 1 aliphatic rings. The van der Waals surface area contributed by atoms with E-state index in [9.17, 15) is 34.8 Å². The number of sulfone groups is 1. The molecule has 0 radical (unpaired) electrons. The minimum atomic E-state index is -4.43. The van der Waals surface area contributed by atoms with Gasteiger partial charge in [-0.2, -0.15) is 0 Å². The molecule has 0 saturated carbocycles. The summed E-state index contributed by atoms with van der Waals surface area (Å²) in [7, 11) is -12.6. The summed E-state index contributed by atoms with van der Waals surface area (Å²) in [5.74, 6) is -0.864. The summed E-state index contributed by atoms with van der Waals surface area (Å²) >= 11 is 0.511. The Hall–Kier alpha value is -3.75. The number of nitrogens with one attached hydrogen (secondary N) is 1. The lowest BCUT2D eigenvalue weighted by Crippen LogP contribution is -2.41. The second-order valence-electron chi connectivity index (χ2n) is 10.8. The number of carbonyl (C=O) groups is 2. The number of benzene rings is 2. The van der Waals surface area contributed by atoms with Crippen molar-refractivity contribution in [3.05, 3.63) is 59.7 Å². The van der Waals surface area contributed by atoms with Crippen molar-refractivity contribution >= 4 is 59.0 Å². The van der Waals surface area contributed by atoms with Gasteiger partial charge in [0.15, 0.2) is 15.6 Å². The quantitative estimate of drug-likeness (QED) is 0.177. The van der Waals surface area contributed by atoms with E-state index in [2.05, 4.69) is 5.32 Å². The zero-order valence-electron chi connectivity index (χ0n) is 26.4. The first-order valence-corrected chi connectivity index (χ1v) is 20.1. The summed E-state index contributed by atoms with van der Waals surface area (Å²) in [4.78, 5) is 27.3. The molecule has 1 amide bonds. The number of hydrogen-bond donors (Lipinski definition) is 3. The average molecular weight is 745 g/mol. The lowest BCUT2D eigenvalue weighted by atomic mass is 10.0. The predicted molar refractivity (Wildman–Crippen MR) is 177 cm³/mol. The summed E-state index contributed by atoms with van der Waals surface area (Å²) in [6.07, 6.45) is -1.90. The number of hydrogen-bond acceptors (Lipinski definition) is 13. The number of sulfonamides is 2. The summed E-state index contributed by atoms with van der Waals surface area (Å²) in [5.41, 5.74) is -0.00293. The molecule has 0 bridgehead atoms.